The van der Waals surface area contributed by atoms with E-state index in [9.17, 15) is 14.4 Å². The monoisotopic (exact) mass is 509 g/mol. The standard InChI is InChI=1S/C25H27N5O3S2/c1-2-19(31)29-10-3-4-15(13-29)27-23(32)22-21-20-17(7-9-26-24(20)35-22)30(25(33)28-21)16-5-6-18-14(12-16)8-11-34-18/h2,5-6,8,11-12,15,17,20,24,26H,1,3-4,7,9-10,13H2,(H,27,32)(H,28,33)/t15-,17?,20?,24?/m1/s1. The lowest BCUT2D eigenvalue weighted by molar-refractivity contribution is -0.128. The number of likely N-dealkylation sites (tertiary alicyclic amines) is 1. The number of carbonyl (C=O) groups is 3. The van der Waals surface area contributed by atoms with E-state index in [-0.39, 0.29) is 41.2 Å². The lowest BCUT2D eigenvalue weighted by Gasteiger charge is -2.45. The Bertz CT molecular complexity index is 1260. The number of amides is 4. The van der Waals surface area contributed by atoms with Crippen LogP contribution in [-0.2, 0) is 9.59 Å². The molecule has 0 spiro atoms. The van der Waals surface area contributed by atoms with E-state index in [2.05, 4.69) is 46.1 Å². The maximum Gasteiger partial charge on any atom is 0.326 e. The Hall–Kier alpha value is -2.82. The van der Waals surface area contributed by atoms with Gasteiger partial charge in [0.1, 0.15) is 0 Å². The van der Waals surface area contributed by atoms with Gasteiger partial charge in [0.05, 0.1) is 16.3 Å². The largest absolute Gasteiger partial charge is 0.347 e. The van der Waals surface area contributed by atoms with E-state index in [4.69, 9.17) is 0 Å². The van der Waals surface area contributed by atoms with E-state index in [1.807, 2.05) is 11.0 Å². The second kappa shape index (κ2) is 9.00. The quantitative estimate of drug-likeness (QED) is 0.551. The number of piperidine rings is 2. The average molecular weight is 510 g/mol. The van der Waals surface area contributed by atoms with E-state index in [1.165, 1.54) is 22.5 Å². The highest BCUT2D eigenvalue weighted by Gasteiger charge is 2.51. The molecule has 0 saturated carbocycles. The molecule has 5 heterocycles. The Morgan fingerprint density at radius 3 is 2.97 bits per heavy atom. The summed E-state index contributed by atoms with van der Waals surface area (Å²) in [6, 6.07) is 7.91. The molecule has 2 aromatic rings. The van der Waals surface area contributed by atoms with Gasteiger partial charge in [-0.25, -0.2) is 4.79 Å². The Labute approximate surface area is 211 Å². The molecule has 3 saturated heterocycles. The molecule has 3 N–H and O–H groups in total. The van der Waals surface area contributed by atoms with Gasteiger partial charge in [-0.1, -0.05) is 18.3 Å². The van der Waals surface area contributed by atoms with Gasteiger partial charge in [0.2, 0.25) is 5.91 Å². The van der Waals surface area contributed by atoms with Gasteiger partial charge < -0.3 is 20.9 Å². The Morgan fingerprint density at radius 1 is 1.23 bits per heavy atom. The number of benzene rings is 1. The topological polar surface area (TPSA) is 93.8 Å². The molecule has 8 nitrogen and oxygen atoms in total. The third kappa shape index (κ3) is 3.93. The molecular weight excluding hydrogens is 482 g/mol. The summed E-state index contributed by atoms with van der Waals surface area (Å²) in [7, 11) is 0. The van der Waals surface area contributed by atoms with Crippen LogP contribution < -0.4 is 20.9 Å². The van der Waals surface area contributed by atoms with Crippen LogP contribution in [0, 0.1) is 5.92 Å². The van der Waals surface area contributed by atoms with Crippen molar-refractivity contribution in [2.75, 3.05) is 24.5 Å². The summed E-state index contributed by atoms with van der Waals surface area (Å²) in [6.07, 6.45) is 3.78. The van der Waals surface area contributed by atoms with Gasteiger partial charge >= 0.3 is 6.03 Å². The molecule has 6 rings (SSSR count). The van der Waals surface area contributed by atoms with Crippen LogP contribution in [0.15, 0.2) is 52.9 Å². The van der Waals surface area contributed by atoms with Crippen molar-refractivity contribution in [3.05, 3.63) is 52.9 Å². The first kappa shape index (κ1) is 22.6. The number of rotatable bonds is 4. The Kier molecular flexibility index (Phi) is 5.82. The van der Waals surface area contributed by atoms with Gasteiger partial charge in [0.25, 0.3) is 5.91 Å². The molecule has 1 aromatic carbocycles. The van der Waals surface area contributed by atoms with Crippen molar-refractivity contribution in [1.82, 2.24) is 20.9 Å². The van der Waals surface area contributed by atoms with Crippen LogP contribution in [0.25, 0.3) is 10.1 Å². The van der Waals surface area contributed by atoms with Crippen molar-refractivity contribution >= 4 is 56.7 Å². The van der Waals surface area contributed by atoms with Gasteiger partial charge in [-0.3, -0.25) is 14.5 Å². The fourth-order valence-electron chi connectivity index (χ4n) is 5.70. The molecule has 3 fully saturated rings. The summed E-state index contributed by atoms with van der Waals surface area (Å²) >= 11 is 3.19. The highest BCUT2D eigenvalue weighted by atomic mass is 32.2. The number of thioether (sulfide) groups is 1. The van der Waals surface area contributed by atoms with Crippen LogP contribution in [-0.4, -0.2) is 59.8 Å². The molecule has 0 aliphatic carbocycles. The van der Waals surface area contributed by atoms with Crippen molar-refractivity contribution in [3.8, 4) is 0 Å². The predicted molar refractivity (Wildman–Crippen MR) is 139 cm³/mol. The summed E-state index contributed by atoms with van der Waals surface area (Å²) in [4.78, 5) is 43.0. The van der Waals surface area contributed by atoms with Crippen molar-refractivity contribution in [3.63, 3.8) is 0 Å². The molecule has 10 heteroatoms. The molecular formula is C25H27N5O3S2. The summed E-state index contributed by atoms with van der Waals surface area (Å²) in [5.74, 6) is -0.276. The first-order valence-corrected chi connectivity index (χ1v) is 13.7. The van der Waals surface area contributed by atoms with Gasteiger partial charge in [-0.05, 0) is 66.9 Å². The predicted octanol–water partition coefficient (Wildman–Crippen LogP) is 2.99. The van der Waals surface area contributed by atoms with Crippen LogP contribution >= 0.6 is 23.1 Å². The molecule has 4 aliphatic heterocycles. The van der Waals surface area contributed by atoms with Crippen LogP contribution in [0.4, 0.5) is 10.5 Å². The van der Waals surface area contributed by atoms with Crippen LogP contribution in [0.3, 0.4) is 0 Å². The number of thiophene rings is 1. The van der Waals surface area contributed by atoms with E-state index in [1.54, 1.807) is 16.2 Å². The number of hydrogen-bond donors (Lipinski definition) is 3. The van der Waals surface area contributed by atoms with E-state index in [0.29, 0.717) is 18.0 Å². The SMILES string of the molecule is C=CC(=O)N1CCC[C@@H](NC(=O)C2=C3NC(=O)N(c4ccc5sccc5c4)C4CCNC(S2)C34)C1. The number of hydrogen-bond acceptors (Lipinski definition) is 6. The van der Waals surface area contributed by atoms with Crippen molar-refractivity contribution in [2.24, 2.45) is 5.92 Å². The summed E-state index contributed by atoms with van der Waals surface area (Å²) in [5, 5.41) is 13.0. The van der Waals surface area contributed by atoms with Crippen molar-refractivity contribution < 1.29 is 14.4 Å². The molecule has 0 bridgehead atoms. The fourth-order valence-corrected chi connectivity index (χ4v) is 7.87. The minimum absolute atomic E-state index is 0.00979. The smallest absolute Gasteiger partial charge is 0.326 e. The number of urea groups is 1. The zero-order valence-electron chi connectivity index (χ0n) is 19.2. The summed E-state index contributed by atoms with van der Waals surface area (Å²) < 4.78 is 1.20. The molecule has 182 valence electrons. The van der Waals surface area contributed by atoms with Crippen LogP contribution in [0.1, 0.15) is 19.3 Å². The minimum Gasteiger partial charge on any atom is -0.347 e. The van der Waals surface area contributed by atoms with Crippen molar-refractivity contribution in [2.45, 2.75) is 36.7 Å². The zero-order valence-corrected chi connectivity index (χ0v) is 20.8. The number of fused-ring (bicyclic) bond motifs is 1. The average Bonchev–Trinajstić information content (AvgIpc) is 3.49. The molecule has 4 aliphatic rings. The van der Waals surface area contributed by atoms with E-state index >= 15 is 0 Å². The fraction of sp³-hybridized carbons (Fsp3) is 0.400. The molecule has 1 aromatic heterocycles. The normalized spacial score (nSPS) is 28.1. The lowest BCUT2D eigenvalue weighted by atomic mass is 9.86. The number of nitrogens with one attached hydrogen (secondary N) is 3. The van der Waals surface area contributed by atoms with Gasteiger partial charge in [0.15, 0.2) is 0 Å². The molecule has 35 heavy (non-hydrogen) atoms. The molecule has 0 radical (unpaired) electrons. The second-order valence-corrected chi connectivity index (χ2v) is 11.5. The first-order valence-electron chi connectivity index (χ1n) is 12.0. The van der Waals surface area contributed by atoms with Gasteiger partial charge in [-0.15, -0.1) is 11.3 Å². The third-order valence-corrected chi connectivity index (χ3v) is 9.56. The number of anilines is 1. The van der Waals surface area contributed by atoms with Gasteiger partial charge in [-0.2, -0.15) is 0 Å². The Morgan fingerprint density at radius 2 is 2.11 bits per heavy atom. The zero-order chi connectivity index (χ0) is 24.1. The van der Waals surface area contributed by atoms with E-state index < -0.39 is 0 Å². The van der Waals surface area contributed by atoms with Crippen LogP contribution in [0.5, 0.6) is 0 Å². The molecule has 4 atom stereocenters. The highest BCUT2D eigenvalue weighted by Crippen LogP contribution is 2.48. The summed E-state index contributed by atoms with van der Waals surface area (Å²) in [6.45, 7) is 5.51. The number of nitrogens with zero attached hydrogens (tertiary/aromatic N) is 2. The minimum atomic E-state index is -0.190. The van der Waals surface area contributed by atoms with Crippen molar-refractivity contribution in [1.29, 1.82) is 0 Å². The third-order valence-electron chi connectivity index (χ3n) is 7.30. The number of carbonyl (C=O) groups excluding carboxylic acids is 3. The van der Waals surface area contributed by atoms with Gasteiger partial charge in [0, 0.05) is 41.1 Å². The molecule has 4 amide bonds. The maximum atomic E-state index is 13.4. The Balaban J connectivity index is 1.25. The first-order chi connectivity index (χ1) is 17.0. The maximum absolute atomic E-state index is 13.4. The summed E-state index contributed by atoms with van der Waals surface area (Å²) in [5.41, 5.74) is 1.61. The van der Waals surface area contributed by atoms with Crippen LogP contribution in [0.2, 0.25) is 0 Å². The van der Waals surface area contributed by atoms with E-state index in [0.717, 1.165) is 42.6 Å². The second-order valence-electron chi connectivity index (χ2n) is 9.36. The highest BCUT2D eigenvalue weighted by molar-refractivity contribution is 8.04. The lowest BCUT2D eigenvalue weighted by Crippen LogP contribution is -2.62. The molecule has 3 unspecified atom stereocenters.